The van der Waals surface area contributed by atoms with Crippen LogP contribution in [0.2, 0.25) is 0 Å². The van der Waals surface area contributed by atoms with Gasteiger partial charge in [-0.25, -0.2) is 22.8 Å². The average molecular weight is 711 g/mol. The van der Waals surface area contributed by atoms with E-state index in [1.165, 1.54) is 22.5 Å². The van der Waals surface area contributed by atoms with Crippen LogP contribution in [0.1, 0.15) is 49.4 Å². The van der Waals surface area contributed by atoms with Crippen LogP contribution >= 0.6 is 0 Å². The van der Waals surface area contributed by atoms with Gasteiger partial charge in [0.05, 0.1) is 34.1 Å². The fourth-order valence-electron chi connectivity index (χ4n) is 6.29. The molecular formula is C36H38F4N6O3S. The maximum Gasteiger partial charge on any atom is 0.416 e. The van der Waals surface area contributed by atoms with Crippen LogP contribution in [0, 0.1) is 5.82 Å². The van der Waals surface area contributed by atoms with Crippen molar-refractivity contribution in [3.05, 3.63) is 102 Å². The van der Waals surface area contributed by atoms with E-state index in [9.17, 15) is 30.8 Å². The number of alkyl halides is 3. The Morgan fingerprint density at radius 2 is 1.56 bits per heavy atom. The number of anilines is 2. The van der Waals surface area contributed by atoms with E-state index in [0.29, 0.717) is 67.6 Å². The summed E-state index contributed by atoms with van der Waals surface area (Å²) in [5.41, 5.74) is 1.89. The van der Waals surface area contributed by atoms with Gasteiger partial charge in [0.25, 0.3) is 0 Å². The van der Waals surface area contributed by atoms with Gasteiger partial charge in [-0.2, -0.15) is 17.5 Å². The van der Waals surface area contributed by atoms with Crippen molar-refractivity contribution in [2.24, 2.45) is 0 Å². The number of aromatic nitrogens is 2. The molecule has 3 aromatic carbocycles. The Morgan fingerprint density at radius 1 is 0.900 bits per heavy atom. The van der Waals surface area contributed by atoms with Gasteiger partial charge >= 0.3 is 6.18 Å². The first-order valence-corrected chi connectivity index (χ1v) is 17.9. The third-order valence-electron chi connectivity index (χ3n) is 9.13. The van der Waals surface area contributed by atoms with Crippen molar-refractivity contribution < 1.29 is 30.8 Å². The highest BCUT2D eigenvalue weighted by atomic mass is 32.2. The van der Waals surface area contributed by atoms with Crippen LogP contribution in [-0.2, 0) is 27.5 Å². The lowest BCUT2D eigenvalue weighted by atomic mass is 10.0. The highest BCUT2D eigenvalue weighted by Crippen LogP contribution is 2.32. The Bertz CT molecular complexity index is 1930. The molecule has 2 saturated heterocycles. The highest BCUT2D eigenvalue weighted by molar-refractivity contribution is 7.89. The molecule has 2 aliphatic heterocycles. The van der Waals surface area contributed by atoms with Gasteiger partial charge in [0.15, 0.2) is 0 Å². The fourth-order valence-corrected chi connectivity index (χ4v) is 7.95. The molecule has 2 fully saturated rings. The monoisotopic (exact) mass is 710 g/mol. The molecule has 1 aromatic heterocycles. The van der Waals surface area contributed by atoms with E-state index >= 15 is 0 Å². The van der Waals surface area contributed by atoms with Gasteiger partial charge in [-0.05, 0) is 66.8 Å². The average Bonchev–Trinajstić information content (AvgIpc) is 3.62. The summed E-state index contributed by atoms with van der Waals surface area (Å²) >= 11 is 0. The maximum atomic E-state index is 14.4. The lowest BCUT2D eigenvalue weighted by Gasteiger charge is -2.36. The van der Waals surface area contributed by atoms with E-state index in [1.54, 1.807) is 48.5 Å². The molecule has 50 heavy (non-hydrogen) atoms. The van der Waals surface area contributed by atoms with Crippen LogP contribution in [0.3, 0.4) is 0 Å². The Kier molecular flexibility index (Phi) is 10.1. The van der Waals surface area contributed by atoms with Crippen molar-refractivity contribution in [2.75, 3.05) is 42.5 Å². The normalized spacial score (nSPS) is 17.4. The van der Waals surface area contributed by atoms with Crippen molar-refractivity contribution >= 4 is 27.6 Å². The highest BCUT2D eigenvalue weighted by Gasteiger charge is 2.39. The Labute approximate surface area is 289 Å². The molecule has 0 saturated carbocycles. The molecule has 14 heteroatoms. The van der Waals surface area contributed by atoms with Gasteiger partial charge in [-0.1, -0.05) is 50.2 Å². The third-order valence-corrected chi connectivity index (χ3v) is 11.1. The van der Waals surface area contributed by atoms with Gasteiger partial charge in [0.2, 0.25) is 21.9 Å². The smallest absolute Gasteiger partial charge is 0.366 e. The first-order chi connectivity index (χ1) is 23.8. The number of nitrogens with zero attached hydrogens (tertiary/aromatic N) is 5. The minimum atomic E-state index is -4.50. The summed E-state index contributed by atoms with van der Waals surface area (Å²) in [6.45, 7) is 6.04. The second kappa shape index (κ2) is 14.4. The van der Waals surface area contributed by atoms with Gasteiger partial charge in [-0.3, -0.25) is 4.79 Å². The summed E-state index contributed by atoms with van der Waals surface area (Å²) in [6.07, 6.45) is -3.62. The number of halogens is 4. The van der Waals surface area contributed by atoms with Gasteiger partial charge in [0, 0.05) is 38.3 Å². The fraction of sp³-hybridized carbons (Fsp3) is 0.361. The molecule has 0 spiro atoms. The van der Waals surface area contributed by atoms with E-state index in [-0.39, 0.29) is 29.7 Å². The summed E-state index contributed by atoms with van der Waals surface area (Å²) in [5, 5.41) is 2.84. The largest absolute Gasteiger partial charge is 0.416 e. The van der Waals surface area contributed by atoms with Gasteiger partial charge in [-0.15, -0.1) is 0 Å². The van der Waals surface area contributed by atoms with E-state index in [0.717, 1.165) is 17.7 Å². The van der Waals surface area contributed by atoms with Crippen molar-refractivity contribution in [3.63, 3.8) is 0 Å². The molecule has 1 amide bonds. The summed E-state index contributed by atoms with van der Waals surface area (Å²) in [5.74, 6) is -0.242. The zero-order valence-electron chi connectivity index (χ0n) is 27.7. The van der Waals surface area contributed by atoms with Crippen molar-refractivity contribution in [1.82, 2.24) is 19.6 Å². The third kappa shape index (κ3) is 7.60. The van der Waals surface area contributed by atoms with E-state index in [1.807, 2.05) is 23.6 Å². The summed E-state index contributed by atoms with van der Waals surface area (Å²) in [7, 11) is -3.93. The van der Waals surface area contributed by atoms with Crippen LogP contribution in [0.25, 0.3) is 11.3 Å². The molecular weight excluding hydrogens is 672 g/mol. The number of carbonyl (C=O) groups excluding carboxylic acids is 1. The molecule has 4 aromatic rings. The number of hydrogen-bond acceptors (Lipinski definition) is 7. The molecule has 0 radical (unpaired) electrons. The number of amides is 1. The first-order valence-electron chi connectivity index (χ1n) is 16.5. The summed E-state index contributed by atoms with van der Waals surface area (Å²) in [4.78, 5) is 26.8. The van der Waals surface area contributed by atoms with E-state index in [2.05, 4.69) is 15.3 Å². The molecule has 9 nitrogen and oxygen atoms in total. The molecule has 3 heterocycles. The molecule has 1 N–H and O–H groups in total. The quantitative estimate of drug-likeness (QED) is 0.206. The minimum Gasteiger partial charge on any atom is -0.366 e. The molecule has 2 aliphatic rings. The van der Waals surface area contributed by atoms with Gasteiger partial charge in [0.1, 0.15) is 11.9 Å². The summed E-state index contributed by atoms with van der Waals surface area (Å²) < 4.78 is 82.7. The number of sulfonamides is 1. The first kappa shape index (κ1) is 35.3. The van der Waals surface area contributed by atoms with Crippen LogP contribution in [0.15, 0.2) is 83.8 Å². The zero-order chi connectivity index (χ0) is 35.6. The van der Waals surface area contributed by atoms with Crippen LogP contribution in [-0.4, -0.2) is 67.4 Å². The van der Waals surface area contributed by atoms with Crippen LogP contribution < -0.4 is 15.1 Å². The Morgan fingerprint density at radius 3 is 2.20 bits per heavy atom. The second-order valence-corrected chi connectivity index (χ2v) is 14.7. The molecule has 0 bridgehead atoms. The SMILES string of the molecule is CC(C)c1ccc(S(=O)(=O)N2CCC[C@H]2C(=O)NCc2cc(-c3ccc(C(F)(F)F)cc3)nc(N3CCN(c4ccccc4F)CC3)n2)cc1. The Balaban J connectivity index is 1.22. The number of benzene rings is 3. The molecule has 6 rings (SSSR count). The lowest BCUT2D eigenvalue weighted by molar-refractivity contribution is -0.137. The number of para-hydroxylation sites is 1. The van der Waals surface area contributed by atoms with Gasteiger partial charge < -0.3 is 15.1 Å². The topological polar surface area (TPSA) is 98.7 Å². The number of rotatable bonds is 9. The van der Waals surface area contributed by atoms with Crippen molar-refractivity contribution in [2.45, 2.75) is 56.3 Å². The number of piperazine rings is 1. The standard InChI is InChI=1S/C36H38F4N6O3S/c1-24(2)25-11-15-29(16-12-25)50(48,49)46-17-5-8-33(46)34(47)41-23-28-22-31(26-9-13-27(14-10-26)36(38,39)40)43-35(42-28)45-20-18-44(19-21-45)32-7-4-3-6-30(32)37/h3-4,6-7,9-16,22,24,33H,5,8,17-21,23H2,1-2H3,(H,41,47)/t33-/m0/s1. The van der Waals surface area contributed by atoms with Crippen molar-refractivity contribution in [1.29, 1.82) is 0 Å². The molecule has 0 aliphatic carbocycles. The van der Waals surface area contributed by atoms with E-state index < -0.39 is 33.7 Å². The predicted molar refractivity (Wildman–Crippen MR) is 183 cm³/mol. The Hall–Kier alpha value is -4.56. The van der Waals surface area contributed by atoms with Crippen molar-refractivity contribution in [3.8, 4) is 11.3 Å². The van der Waals surface area contributed by atoms with Crippen LogP contribution in [0.5, 0.6) is 0 Å². The number of hydrogen-bond donors (Lipinski definition) is 1. The van der Waals surface area contributed by atoms with Crippen LogP contribution in [0.4, 0.5) is 29.2 Å². The predicted octanol–water partition coefficient (Wildman–Crippen LogP) is 6.22. The second-order valence-electron chi connectivity index (χ2n) is 12.8. The molecule has 264 valence electrons. The zero-order valence-corrected chi connectivity index (χ0v) is 28.5. The molecule has 1 atom stereocenters. The lowest BCUT2D eigenvalue weighted by Crippen LogP contribution is -2.47. The maximum absolute atomic E-state index is 14.4. The number of nitrogens with one attached hydrogen (secondary N) is 1. The number of carbonyl (C=O) groups is 1. The summed E-state index contributed by atoms with van der Waals surface area (Å²) in [6, 6.07) is 18.5. The molecule has 0 unspecified atom stereocenters. The minimum absolute atomic E-state index is 0.0648. The van der Waals surface area contributed by atoms with E-state index in [4.69, 9.17) is 0 Å².